The molecule has 5 aliphatic rings. The third-order valence-electron chi connectivity index (χ3n) is 6.80. The Labute approximate surface area is 159 Å². The Hall–Kier alpha value is -2.20. The molecule has 4 bridgehead atoms. The van der Waals surface area contributed by atoms with Crippen LogP contribution in [0.3, 0.4) is 0 Å². The van der Waals surface area contributed by atoms with Gasteiger partial charge in [0, 0.05) is 23.8 Å². The number of fused-ring (bicyclic) bond motifs is 1. The average Bonchev–Trinajstić information content (AvgIpc) is 2.78. The quantitative estimate of drug-likeness (QED) is 0.743. The highest BCUT2D eigenvalue weighted by atomic mass is 16.6. The Bertz CT molecular complexity index is 949. The normalized spacial score (nSPS) is 37.3. The molecule has 1 spiro atoms. The molecule has 0 radical (unpaired) electrons. The predicted molar refractivity (Wildman–Crippen MR) is 101 cm³/mol. The Kier molecular flexibility index (Phi) is 3.13. The fourth-order valence-corrected chi connectivity index (χ4v) is 5.74. The molecule has 0 N–H and O–H groups in total. The number of para-hydroxylation sites is 1. The minimum Gasteiger partial charge on any atom is -0.478 e. The van der Waals surface area contributed by atoms with Gasteiger partial charge in [0.1, 0.15) is 5.75 Å². The summed E-state index contributed by atoms with van der Waals surface area (Å²) in [5.74, 6) is 0.257. The van der Waals surface area contributed by atoms with Crippen molar-refractivity contribution in [3.63, 3.8) is 0 Å². The van der Waals surface area contributed by atoms with Gasteiger partial charge in [-0.3, -0.25) is 9.59 Å². The third kappa shape index (κ3) is 1.82. The molecule has 4 atom stereocenters. The third-order valence-corrected chi connectivity index (χ3v) is 6.80. The predicted octanol–water partition coefficient (Wildman–Crippen LogP) is 4.05. The van der Waals surface area contributed by atoms with Crippen molar-refractivity contribution in [2.45, 2.75) is 57.3 Å². The highest BCUT2D eigenvalue weighted by Crippen LogP contribution is 2.67. The number of carbonyl (C=O) groups excluding carboxylic acids is 2. The molecule has 2 aliphatic heterocycles. The van der Waals surface area contributed by atoms with Gasteiger partial charge in [-0.1, -0.05) is 29.9 Å². The molecule has 6 rings (SSSR count). The van der Waals surface area contributed by atoms with E-state index in [0.29, 0.717) is 29.7 Å². The van der Waals surface area contributed by atoms with Crippen molar-refractivity contribution in [1.29, 1.82) is 0 Å². The molecule has 1 aromatic carbocycles. The standard InChI is InChI=1S/C23H24O4/c1-13(2)9-10-22-20(25)14-11-16-19(24)15-7-5-6-8-17(15)26-23(16,22)18(12-14)21(3,4)27-22/h5-9,11,14,18H,10,12H2,1-4H3/t14-,18+,22+,23-/m1/s1. The summed E-state index contributed by atoms with van der Waals surface area (Å²) < 4.78 is 13.2. The van der Waals surface area contributed by atoms with Crippen LogP contribution in [0.4, 0.5) is 0 Å². The number of ketones is 2. The summed E-state index contributed by atoms with van der Waals surface area (Å²) in [6.45, 7) is 8.07. The molecule has 3 aliphatic carbocycles. The Morgan fingerprint density at radius 3 is 2.70 bits per heavy atom. The molecule has 140 valence electrons. The van der Waals surface area contributed by atoms with E-state index in [4.69, 9.17) is 9.47 Å². The summed E-state index contributed by atoms with van der Waals surface area (Å²) in [5, 5.41) is 0. The number of ether oxygens (including phenoxy) is 2. The fraction of sp³-hybridized carbons (Fsp3) is 0.478. The van der Waals surface area contributed by atoms with Gasteiger partial charge in [0.15, 0.2) is 22.8 Å². The van der Waals surface area contributed by atoms with Crippen molar-refractivity contribution in [3.05, 3.63) is 53.1 Å². The molecule has 2 heterocycles. The second-order valence-electron chi connectivity index (χ2n) is 9.02. The van der Waals surface area contributed by atoms with E-state index in [2.05, 4.69) is 0 Å². The fourth-order valence-electron chi connectivity index (χ4n) is 5.74. The van der Waals surface area contributed by atoms with Gasteiger partial charge in [-0.05, 0) is 46.2 Å². The largest absolute Gasteiger partial charge is 0.478 e. The van der Waals surface area contributed by atoms with Crippen molar-refractivity contribution in [2.75, 3.05) is 0 Å². The number of hydrogen-bond acceptors (Lipinski definition) is 4. The first kappa shape index (κ1) is 16.9. The molecule has 1 saturated heterocycles. The smallest absolute Gasteiger partial charge is 0.196 e. The average molecular weight is 364 g/mol. The van der Waals surface area contributed by atoms with Gasteiger partial charge >= 0.3 is 0 Å². The molecule has 4 nitrogen and oxygen atoms in total. The summed E-state index contributed by atoms with van der Waals surface area (Å²) in [6.07, 6.45) is 5.00. The maximum atomic E-state index is 13.5. The van der Waals surface area contributed by atoms with E-state index in [-0.39, 0.29) is 23.4 Å². The van der Waals surface area contributed by atoms with Gasteiger partial charge in [-0.2, -0.15) is 0 Å². The Morgan fingerprint density at radius 2 is 1.96 bits per heavy atom. The lowest BCUT2D eigenvalue weighted by Gasteiger charge is -2.56. The van der Waals surface area contributed by atoms with Crippen LogP contribution < -0.4 is 4.74 Å². The molecular weight excluding hydrogens is 340 g/mol. The van der Waals surface area contributed by atoms with Crippen LogP contribution in [0.1, 0.15) is 50.9 Å². The van der Waals surface area contributed by atoms with Gasteiger partial charge in [0.2, 0.25) is 0 Å². The first-order chi connectivity index (χ1) is 12.7. The van der Waals surface area contributed by atoms with E-state index in [9.17, 15) is 9.59 Å². The van der Waals surface area contributed by atoms with Gasteiger partial charge < -0.3 is 9.47 Å². The van der Waals surface area contributed by atoms with E-state index in [1.807, 2.05) is 58.0 Å². The zero-order valence-electron chi connectivity index (χ0n) is 16.2. The molecule has 1 aromatic rings. The topological polar surface area (TPSA) is 52.6 Å². The van der Waals surface area contributed by atoms with Gasteiger partial charge in [0.25, 0.3) is 0 Å². The van der Waals surface area contributed by atoms with Crippen molar-refractivity contribution in [1.82, 2.24) is 0 Å². The van der Waals surface area contributed by atoms with Crippen molar-refractivity contribution in [3.8, 4) is 5.75 Å². The summed E-state index contributed by atoms with van der Waals surface area (Å²) in [4.78, 5) is 27.0. The molecule has 0 aromatic heterocycles. The molecule has 4 heteroatoms. The summed E-state index contributed by atoms with van der Waals surface area (Å²) in [5.41, 5.74) is -0.424. The van der Waals surface area contributed by atoms with Crippen LogP contribution in [0, 0.1) is 11.8 Å². The van der Waals surface area contributed by atoms with E-state index < -0.39 is 16.8 Å². The second-order valence-corrected chi connectivity index (χ2v) is 9.02. The summed E-state index contributed by atoms with van der Waals surface area (Å²) in [7, 11) is 0. The SMILES string of the molecule is CC(C)=CC[C@@]12OC(C)(C)[C@@H]3C[C@@H](C=C4C(=O)c5ccccc5O[C@]431)C2=O. The highest BCUT2D eigenvalue weighted by Gasteiger charge is 2.80. The Balaban J connectivity index is 1.81. The zero-order chi connectivity index (χ0) is 19.2. The van der Waals surface area contributed by atoms with Crippen LogP contribution in [-0.2, 0) is 9.53 Å². The van der Waals surface area contributed by atoms with E-state index in [1.54, 1.807) is 6.07 Å². The lowest BCUT2D eigenvalue weighted by molar-refractivity contribution is -0.171. The number of allylic oxidation sites excluding steroid dienone is 2. The van der Waals surface area contributed by atoms with Crippen LogP contribution in [-0.4, -0.2) is 28.4 Å². The lowest BCUT2D eigenvalue weighted by atomic mass is 9.51. The number of benzene rings is 1. The minimum atomic E-state index is -1.14. The first-order valence-electron chi connectivity index (χ1n) is 9.66. The maximum absolute atomic E-state index is 13.5. The summed E-state index contributed by atoms with van der Waals surface area (Å²) >= 11 is 0. The Morgan fingerprint density at radius 1 is 1.22 bits per heavy atom. The molecule has 2 fully saturated rings. The number of Topliss-reactive ketones (excluding diaryl/α,β-unsaturated/α-hetero) is 2. The van der Waals surface area contributed by atoms with Gasteiger partial charge in [-0.25, -0.2) is 0 Å². The molecular formula is C23H24O4. The van der Waals surface area contributed by atoms with Crippen LogP contribution in [0.2, 0.25) is 0 Å². The summed E-state index contributed by atoms with van der Waals surface area (Å²) in [6, 6.07) is 7.33. The highest BCUT2D eigenvalue weighted by molar-refractivity contribution is 6.16. The molecule has 0 unspecified atom stereocenters. The molecule has 27 heavy (non-hydrogen) atoms. The van der Waals surface area contributed by atoms with Gasteiger partial charge in [0.05, 0.1) is 11.2 Å². The van der Waals surface area contributed by atoms with Crippen LogP contribution in [0.5, 0.6) is 5.75 Å². The van der Waals surface area contributed by atoms with Crippen molar-refractivity contribution >= 4 is 11.6 Å². The van der Waals surface area contributed by atoms with Crippen LogP contribution in [0.25, 0.3) is 0 Å². The zero-order valence-corrected chi connectivity index (χ0v) is 16.2. The maximum Gasteiger partial charge on any atom is 0.196 e. The first-order valence-corrected chi connectivity index (χ1v) is 9.66. The minimum absolute atomic E-state index is 0.0260. The van der Waals surface area contributed by atoms with Gasteiger partial charge in [-0.15, -0.1) is 0 Å². The van der Waals surface area contributed by atoms with Crippen LogP contribution >= 0.6 is 0 Å². The van der Waals surface area contributed by atoms with Crippen LogP contribution in [0.15, 0.2) is 47.6 Å². The number of carbonyl (C=O) groups is 2. The lowest BCUT2D eigenvalue weighted by Crippen LogP contribution is -2.72. The second kappa shape index (κ2) is 4.99. The van der Waals surface area contributed by atoms with E-state index in [0.717, 1.165) is 5.57 Å². The van der Waals surface area contributed by atoms with Crippen molar-refractivity contribution in [2.24, 2.45) is 11.8 Å². The van der Waals surface area contributed by atoms with E-state index in [1.165, 1.54) is 0 Å². The van der Waals surface area contributed by atoms with Crippen molar-refractivity contribution < 1.29 is 19.1 Å². The molecule has 0 amide bonds. The molecule has 1 saturated carbocycles. The van der Waals surface area contributed by atoms with E-state index >= 15 is 0 Å². The monoisotopic (exact) mass is 364 g/mol. The number of rotatable bonds is 2. The number of hydrogen-bond donors (Lipinski definition) is 0.